The van der Waals surface area contributed by atoms with Gasteiger partial charge in [0.1, 0.15) is 5.82 Å². The third-order valence-corrected chi connectivity index (χ3v) is 2.78. The van der Waals surface area contributed by atoms with Gasteiger partial charge in [-0.2, -0.15) is 15.0 Å². The summed E-state index contributed by atoms with van der Waals surface area (Å²) >= 11 is 0. The third kappa shape index (κ3) is 3.77. The van der Waals surface area contributed by atoms with Crippen molar-refractivity contribution in [2.45, 2.75) is 13.3 Å². The SMILES string of the molecule is CCCOc1nc(NC)nc(N(C)c2ccc(F)cc2)n1. The van der Waals surface area contributed by atoms with Gasteiger partial charge in [0.15, 0.2) is 0 Å². The van der Waals surface area contributed by atoms with Crippen molar-refractivity contribution in [3.8, 4) is 6.01 Å². The molecule has 0 spiro atoms. The lowest BCUT2D eigenvalue weighted by molar-refractivity contribution is 0.292. The fourth-order valence-electron chi connectivity index (χ4n) is 1.65. The Morgan fingerprint density at radius 3 is 2.52 bits per heavy atom. The van der Waals surface area contributed by atoms with Crippen molar-refractivity contribution >= 4 is 17.6 Å². The van der Waals surface area contributed by atoms with Crippen LogP contribution in [0.1, 0.15) is 13.3 Å². The molecule has 0 radical (unpaired) electrons. The number of halogens is 1. The molecule has 112 valence electrons. The van der Waals surface area contributed by atoms with Crippen LogP contribution >= 0.6 is 0 Å². The van der Waals surface area contributed by atoms with Crippen LogP contribution < -0.4 is 15.0 Å². The number of rotatable bonds is 6. The fourth-order valence-corrected chi connectivity index (χ4v) is 1.65. The highest BCUT2D eigenvalue weighted by Crippen LogP contribution is 2.22. The van der Waals surface area contributed by atoms with E-state index in [1.165, 1.54) is 12.1 Å². The van der Waals surface area contributed by atoms with Gasteiger partial charge in [-0.1, -0.05) is 6.92 Å². The summed E-state index contributed by atoms with van der Waals surface area (Å²) in [5.74, 6) is 0.554. The van der Waals surface area contributed by atoms with Crippen LogP contribution in [0.15, 0.2) is 24.3 Å². The highest BCUT2D eigenvalue weighted by atomic mass is 19.1. The molecule has 0 unspecified atom stereocenters. The van der Waals surface area contributed by atoms with Gasteiger partial charge in [-0.15, -0.1) is 0 Å². The third-order valence-electron chi connectivity index (χ3n) is 2.78. The second kappa shape index (κ2) is 6.83. The summed E-state index contributed by atoms with van der Waals surface area (Å²) in [5, 5.41) is 2.87. The van der Waals surface area contributed by atoms with Crippen molar-refractivity contribution < 1.29 is 9.13 Å². The van der Waals surface area contributed by atoms with Crippen LogP contribution in [0.4, 0.5) is 22.0 Å². The molecule has 0 saturated heterocycles. The average molecular weight is 291 g/mol. The summed E-state index contributed by atoms with van der Waals surface area (Å²) in [7, 11) is 3.52. The maximum Gasteiger partial charge on any atom is 0.323 e. The summed E-state index contributed by atoms with van der Waals surface area (Å²) in [5.41, 5.74) is 0.770. The first kappa shape index (κ1) is 15.0. The van der Waals surface area contributed by atoms with Gasteiger partial charge in [0, 0.05) is 19.8 Å². The Labute approximate surface area is 123 Å². The van der Waals surface area contributed by atoms with Gasteiger partial charge < -0.3 is 15.0 Å². The largest absolute Gasteiger partial charge is 0.463 e. The van der Waals surface area contributed by atoms with Crippen LogP contribution in [0.5, 0.6) is 6.01 Å². The van der Waals surface area contributed by atoms with Gasteiger partial charge in [0.05, 0.1) is 6.61 Å². The predicted molar refractivity (Wildman–Crippen MR) is 79.6 cm³/mol. The van der Waals surface area contributed by atoms with E-state index in [9.17, 15) is 4.39 Å². The van der Waals surface area contributed by atoms with E-state index < -0.39 is 0 Å². The average Bonchev–Trinajstić information content (AvgIpc) is 2.52. The normalized spacial score (nSPS) is 10.3. The number of hydrogen-bond acceptors (Lipinski definition) is 6. The maximum absolute atomic E-state index is 13.0. The second-order valence-corrected chi connectivity index (χ2v) is 4.38. The summed E-state index contributed by atoms with van der Waals surface area (Å²) < 4.78 is 18.4. The summed E-state index contributed by atoms with van der Waals surface area (Å²) in [4.78, 5) is 14.4. The fraction of sp³-hybridized carbons (Fsp3) is 0.357. The molecule has 2 aromatic rings. The summed E-state index contributed by atoms with van der Waals surface area (Å²) in [6.07, 6.45) is 0.865. The van der Waals surface area contributed by atoms with Crippen LogP contribution in [0.25, 0.3) is 0 Å². The first-order valence-corrected chi connectivity index (χ1v) is 6.70. The molecule has 0 aliphatic carbocycles. The zero-order valence-corrected chi connectivity index (χ0v) is 12.3. The highest BCUT2D eigenvalue weighted by Gasteiger charge is 2.12. The van der Waals surface area contributed by atoms with Crippen LogP contribution in [0, 0.1) is 5.82 Å². The van der Waals surface area contributed by atoms with E-state index in [0.29, 0.717) is 18.5 Å². The van der Waals surface area contributed by atoms with Crippen molar-refractivity contribution in [1.82, 2.24) is 15.0 Å². The molecule has 0 bridgehead atoms. The minimum absolute atomic E-state index is 0.264. The minimum atomic E-state index is -0.286. The molecule has 0 fully saturated rings. The van der Waals surface area contributed by atoms with E-state index in [0.717, 1.165) is 12.1 Å². The topological polar surface area (TPSA) is 63.2 Å². The number of ether oxygens (including phenoxy) is 1. The number of anilines is 3. The molecule has 2 rings (SSSR count). The molecule has 0 aliphatic heterocycles. The highest BCUT2D eigenvalue weighted by molar-refractivity contribution is 5.57. The molecule has 6 nitrogen and oxygen atoms in total. The number of aromatic nitrogens is 3. The van der Waals surface area contributed by atoms with Crippen molar-refractivity contribution in [3.63, 3.8) is 0 Å². The van der Waals surface area contributed by atoms with Gasteiger partial charge in [-0.25, -0.2) is 4.39 Å². The van der Waals surface area contributed by atoms with E-state index in [1.807, 2.05) is 6.92 Å². The molecule has 7 heteroatoms. The molecule has 0 saturated carbocycles. The lowest BCUT2D eigenvalue weighted by Crippen LogP contribution is -2.16. The molecular formula is C14H18FN5O. The van der Waals surface area contributed by atoms with Crippen molar-refractivity contribution in [3.05, 3.63) is 30.1 Å². The molecule has 1 N–H and O–H groups in total. The van der Waals surface area contributed by atoms with E-state index in [-0.39, 0.29) is 11.8 Å². The Morgan fingerprint density at radius 2 is 1.90 bits per heavy atom. The Balaban J connectivity index is 2.30. The van der Waals surface area contributed by atoms with E-state index >= 15 is 0 Å². The standard InChI is InChI=1S/C14H18FN5O/c1-4-9-21-14-18-12(16-2)17-13(19-14)20(3)11-7-5-10(15)6-8-11/h5-8H,4,9H2,1-3H3,(H,16,17,18,19). The smallest absolute Gasteiger partial charge is 0.323 e. The quantitative estimate of drug-likeness (QED) is 0.882. The van der Waals surface area contributed by atoms with Crippen LogP contribution in [0.3, 0.4) is 0 Å². The van der Waals surface area contributed by atoms with Crippen molar-refractivity contribution in [1.29, 1.82) is 0 Å². The van der Waals surface area contributed by atoms with Gasteiger partial charge in [0.2, 0.25) is 11.9 Å². The molecule has 1 aromatic carbocycles. The Bertz CT molecular complexity index is 590. The second-order valence-electron chi connectivity index (χ2n) is 4.38. The minimum Gasteiger partial charge on any atom is -0.463 e. The molecule has 1 aromatic heterocycles. The zero-order chi connectivity index (χ0) is 15.2. The zero-order valence-electron chi connectivity index (χ0n) is 12.3. The van der Waals surface area contributed by atoms with Gasteiger partial charge >= 0.3 is 6.01 Å². The van der Waals surface area contributed by atoms with Gasteiger partial charge in [-0.3, -0.25) is 0 Å². The molecule has 1 heterocycles. The van der Waals surface area contributed by atoms with Crippen molar-refractivity contribution in [2.24, 2.45) is 0 Å². The van der Waals surface area contributed by atoms with Gasteiger partial charge in [-0.05, 0) is 30.7 Å². The maximum atomic E-state index is 13.0. The number of nitrogens with one attached hydrogen (secondary N) is 1. The van der Waals surface area contributed by atoms with E-state index in [1.54, 1.807) is 31.1 Å². The molecular weight excluding hydrogens is 273 g/mol. The Morgan fingerprint density at radius 1 is 1.19 bits per heavy atom. The van der Waals surface area contributed by atoms with Crippen LogP contribution in [-0.4, -0.2) is 35.7 Å². The molecule has 0 atom stereocenters. The lowest BCUT2D eigenvalue weighted by Gasteiger charge is -2.18. The summed E-state index contributed by atoms with van der Waals surface area (Å²) in [6, 6.07) is 6.36. The Hall–Kier alpha value is -2.44. The first-order valence-electron chi connectivity index (χ1n) is 6.70. The van der Waals surface area contributed by atoms with Gasteiger partial charge in [0.25, 0.3) is 0 Å². The number of hydrogen-bond donors (Lipinski definition) is 1. The molecule has 21 heavy (non-hydrogen) atoms. The molecule has 0 aliphatic rings. The predicted octanol–water partition coefficient (Wildman–Crippen LogP) is 2.61. The lowest BCUT2D eigenvalue weighted by atomic mass is 10.3. The first-order chi connectivity index (χ1) is 10.1. The van der Waals surface area contributed by atoms with Crippen LogP contribution in [0.2, 0.25) is 0 Å². The van der Waals surface area contributed by atoms with E-state index in [2.05, 4.69) is 20.3 Å². The Kier molecular flexibility index (Phi) is 4.86. The van der Waals surface area contributed by atoms with E-state index in [4.69, 9.17) is 4.74 Å². The summed E-state index contributed by atoms with van der Waals surface area (Å²) in [6.45, 7) is 2.54. The number of nitrogens with zero attached hydrogens (tertiary/aromatic N) is 4. The number of benzene rings is 1. The van der Waals surface area contributed by atoms with Crippen molar-refractivity contribution in [2.75, 3.05) is 30.9 Å². The van der Waals surface area contributed by atoms with Crippen LogP contribution in [-0.2, 0) is 0 Å². The molecule has 0 amide bonds. The monoisotopic (exact) mass is 291 g/mol.